The Kier molecular flexibility index (Phi) is 9.51. The summed E-state index contributed by atoms with van der Waals surface area (Å²) in [5, 5.41) is 14.8. The van der Waals surface area contributed by atoms with Gasteiger partial charge in [0, 0.05) is 44.8 Å². The Morgan fingerprint density at radius 1 is 0.750 bits per heavy atom. The third kappa shape index (κ3) is 7.57. The van der Waals surface area contributed by atoms with Gasteiger partial charge in [-0.3, -0.25) is 14.7 Å². The summed E-state index contributed by atoms with van der Waals surface area (Å²) in [6.45, 7) is 11.3. The minimum Gasteiger partial charge on any atom is -0.473 e. The maximum Gasteiger partial charge on any atom is 0.414 e. The van der Waals surface area contributed by atoms with Crippen LogP contribution in [0.4, 0.5) is 0 Å². The van der Waals surface area contributed by atoms with Gasteiger partial charge in [0.2, 0.25) is 0 Å². The first-order chi connectivity index (χ1) is 15.4. The summed E-state index contributed by atoms with van der Waals surface area (Å²) >= 11 is 0. The van der Waals surface area contributed by atoms with E-state index < -0.39 is 11.9 Å². The molecule has 0 spiro atoms. The number of carbonyl (C=O) groups is 2. The van der Waals surface area contributed by atoms with E-state index in [1.54, 1.807) is 0 Å². The zero-order valence-corrected chi connectivity index (χ0v) is 19.4. The number of benzene rings is 1. The monoisotopic (exact) mass is 445 g/mol. The summed E-state index contributed by atoms with van der Waals surface area (Å²) in [6.07, 6.45) is 8.50. The van der Waals surface area contributed by atoms with E-state index in [0.29, 0.717) is 0 Å². The predicted molar refractivity (Wildman–Crippen MR) is 125 cm³/mol. The lowest BCUT2D eigenvalue weighted by Crippen LogP contribution is -2.55. The number of piperazine rings is 1. The maximum absolute atomic E-state index is 9.10. The average molecular weight is 446 g/mol. The van der Waals surface area contributed by atoms with Gasteiger partial charge in [-0.1, -0.05) is 37.3 Å². The SMILES string of the molecule is CC1CCC(N2CCN(C3CCN(Cc4ccccc4)CC3)CC2)CC1.O=C(O)C(=O)O. The van der Waals surface area contributed by atoms with Crippen molar-refractivity contribution in [1.82, 2.24) is 14.7 Å². The molecule has 0 amide bonds. The lowest BCUT2D eigenvalue weighted by molar-refractivity contribution is -0.159. The Bertz CT molecular complexity index is 693. The third-order valence-corrected chi connectivity index (χ3v) is 7.36. The molecule has 1 aliphatic carbocycles. The minimum absolute atomic E-state index is 0.829. The van der Waals surface area contributed by atoms with Crippen LogP contribution in [0.1, 0.15) is 51.0 Å². The molecule has 178 valence electrons. The van der Waals surface area contributed by atoms with Crippen LogP contribution in [0, 0.1) is 5.92 Å². The van der Waals surface area contributed by atoms with Crippen molar-refractivity contribution in [3.63, 3.8) is 0 Å². The molecule has 7 nitrogen and oxygen atoms in total. The van der Waals surface area contributed by atoms with Crippen molar-refractivity contribution in [2.75, 3.05) is 39.3 Å². The number of hydrogen-bond donors (Lipinski definition) is 2. The van der Waals surface area contributed by atoms with Crippen molar-refractivity contribution in [3.8, 4) is 0 Å². The first-order valence-electron chi connectivity index (χ1n) is 12.1. The predicted octanol–water partition coefficient (Wildman–Crippen LogP) is 3.00. The van der Waals surface area contributed by atoms with Crippen molar-refractivity contribution in [2.45, 2.75) is 64.1 Å². The van der Waals surface area contributed by atoms with Crippen LogP contribution in [0.15, 0.2) is 30.3 Å². The quantitative estimate of drug-likeness (QED) is 0.689. The Balaban J connectivity index is 0.000000427. The molecule has 0 bridgehead atoms. The van der Waals surface area contributed by atoms with Gasteiger partial charge in [-0.05, 0) is 63.1 Å². The third-order valence-electron chi connectivity index (χ3n) is 7.36. The van der Waals surface area contributed by atoms with Crippen LogP contribution >= 0.6 is 0 Å². The lowest BCUT2D eigenvalue weighted by Gasteiger charge is -2.45. The molecule has 2 N–H and O–H groups in total. The molecule has 1 saturated carbocycles. The van der Waals surface area contributed by atoms with Crippen LogP contribution in [0.5, 0.6) is 0 Å². The van der Waals surface area contributed by atoms with Crippen LogP contribution in [0.2, 0.25) is 0 Å². The van der Waals surface area contributed by atoms with Crippen LogP contribution in [-0.4, -0.2) is 88.2 Å². The molecule has 1 aromatic carbocycles. The standard InChI is InChI=1S/C23H37N3.C2H2O4/c1-20-7-9-22(10-8-20)25-15-17-26(18-16-25)23-11-13-24(14-12-23)19-21-5-3-2-4-6-21;3-1(4)2(5)6/h2-6,20,22-23H,7-19H2,1H3;(H,3,4)(H,5,6). The van der Waals surface area contributed by atoms with E-state index in [1.807, 2.05) is 0 Å². The van der Waals surface area contributed by atoms with Crippen molar-refractivity contribution >= 4 is 11.9 Å². The molecule has 0 radical (unpaired) electrons. The van der Waals surface area contributed by atoms with Gasteiger partial charge in [-0.15, -0.1) is 0 Å². The average Bonchev–Trinajstić information content (AvgIpc) is 2.81. The zero-order chi connectivity index (χ0) is 22.9. The van der Waals surface area contributed by atoms with Crippen molar-refractivity contribution in [1.29, 1.82) is 0 Å². The van der Waals surface area contributed by atoms with Crippen molar-refractivity contribution < 1.29 is 19.8 Å². The number of nitrogens with zero attached hydrogens (tertiary/aromatic N) is 3. The highest BCUT2D eigenvalue weighted by atomic mass is 16.4. The number of hydrogen-bond acceptors (Lipinski definition) is 5. The zero-order valence-electron chi connectivity index (χ0n) is 19.4. The Morgan fingerprint density at radius 2 is 1.22 bits per heavy atom. The van der Waals surface area contributed by atoms with Gasteiger partial charge in [0.1, 0.15) is 0 Å². The topological polar surface area (TPSA) is 84.3 Å². The smallest absolute Gasteiger partial charge is 0.414 e. The molecule has 2 heterocycles. The molecule has 0 unspecified atom stereocenters. The van der Waals surface area contributed by atoms with E-state index >= 15 is 0 Å². The fourth-order valence-electron chi connectivity index (χ4n) is 5.36. The fourth-order valence-corrected chi connectivity index (χ4v) is 5.36. The molecule has 4 rings (SSSR count). The van der Waals surface area contributed by atoms with E-state index in [0.717, 1.165) is 24.5 Å². The highest BCUT2D eigenvalue weighted by molar-refractivity contribution is 6.27. The second-order valence-corrected chi connectivity index (χ2v) is 9.59. The summed E-state index contributed by atoms with van der Waals surface area (Å²) < 4.78 is 0. The molecule has 2 aliphatic heterocycles. The van der Waals surface area contributed by atoms with Gasteiger partial charge >= 0.3 is 11.9 Å². The normalized spacial score (nSPS) is 26.2. The van der Waals surface area contributed by atoms with Gasteiger partial charge < -0.3 is 10.2 Å². The maximum atomic E-state index is 9.10. The van der Waals surface area contributed by atoms with Gasteiger partial charge in [-0.25, -0.2) is 9.59 Å². The van der Waals surface area contributed by atoms with Crippen molar-refractivity contribution in [3.05, 3.63) is 35.9 Å². The summed E-state index contributed by atoms with van der Waals surface area (Å²) in [7, 11) is 0. The molecule has 2 saturated heterocycles. The first-order valence-corrected chi connectivity index (χ1v) is 12.1. The Morgan fingerprint density at radius 3 is 1.69 bits per heavy atom. The molecule has 7 heteroatoms. The summed E-state index contributed by atoms with van der Waals surface area (Å²) in [6, 6.07) is 12.7. The number of piperidine rings is 1. The lowest BCUT2D eigenvalue weighted by atomic mass is 9.86. The molecule has 1 aromatic rings. The number of likely N-dealkylation sites (tertiary alicyclic amines) is 1. The van der Waals surface area contributed by atoms with E-state index in [9.17, 15) is 0 Å². The van der Waals surface area contributed by atoms with E-state index in [-0.39, 0.29) is 0 Å². The van der Waals surface area contributed by atoms with Crippen molar-refractivity contribution in [2.24, 2.45) is 5.92 Å². The van der Waals surface area contributed by atoms with E-state index in [2.05, 4.69) is 52.0 Å². The Hall–Kier alpha value is -1.96. The summed E-state index contributed by atoms with van der Waals surface area (Å²) in [4.78, 5) is 26.5. The van der Waals surface area contributed by atoms with Gasteiger partial charge in [0.05, 0.1) is 0 Å². The van der Waals surface area contributed by atoms with E-state index in [1.165, 1.54) is 83.4 Å². The highest BCUT2D eigenvalue weighted by Crippen LogP contribution is 2.28. The molecule has 3 fully saturated rings. The van der Waals surface area contributed by atoms with E-state index in [4.69, 9.17) is 19.8 Å². The second-order valence-electron chi connectivity index (χ2n) is 9.59. The first kappa shape index (κ1) is 24.7. The minimum atomic E-state index is -1.82. The number of carboxylic acid groups (broad SMARTS) is 2. The Labute approximate surface area is 192 Å². The van der Waals surface area contributed by atoms with Gasteiger partial charge in [-0.2, -0.15) is 0 Å². The van der Waals surface area contributed by atoms with Crippen LogP contribution < -0.4 is 0 Å². The molecular weight excluding hydrogens is 406 g/mol. The summed E-state index contributed by atoms with van der Waals surface area (Å²) in [5.41, 5.74) is 1.46. The molecular formula is C25H39N3O4. The highest BCUT2D eigenvalue weighted by Gasteiger charge is 2.31. The molecule has 0 atom stereocenters. The molecule has 0 aromatic heterocycles. The van der Waals surface area contributed by atoms with Crippen LogP contribution in [0.25, 0.3) is 0 Å². The van der Waals surface area contributed by atoms with Gasteiger partial charge in [0.25, 0.3) is 0 Å². The number of carboxylic acids is 2. The molecule has 32 heavy (non-hydrogen) atoms. The largest absolute Gasteiger partial charge is 0.473 e. The molecule has 3 aliphatic rings. The van der Waals surface area contributed by atoms with Crippen LogP contribution in [0.3, 0.4) is 0 Å². The number of aliphatic carboxylic acids is 2. The fraction of sp³-hybridized carbons (Fsp3) is 0.680. The second kappa shape index (κ2) is 12.3. The number of rotatable bonds is 4. The van der Waals surface area contributed by atoms with Gasteiger partial charge in [0.15, 0.2) is 0 Å². The van der Waals surface area contributed by atoms with Crippen LogP contribution in [-0.2, 0) is 16.1 Å². The summed E-state index contributed by atoms with van der Waals surface area (Å²) in [5.74, 6) is -2.68.